The van der Waals surface area contributed by atoms with Gasteiger partial charge in [0.15, 0.2) is 0 Å². The quantitative estimate of drug-likeness (QED) is 0.915. The van der Waals surface area contributed by atoms with Gasteiger partial charge in [-0.3, -0.25) is 4.90 Å². The molecule has 2 heterocycles. The van der Waals surface area contributed by atoms with Gasteiger partial charge < -0.3 is 10.6 Å². The summed E-state index contributed by atoms with van der Waals surface area (Å²) >= 11 is 7.71. The van der Waals surface area contributed by atoms with Crippen LogP contribution in [0, 0.1) is 0 Å². The maximum atomic E-state index is 6.00. The predicted octanol–water partition coefficient (Wildman–Crippen LogP) is 2.04. The van der Waals surface area contributed by atoms with Crippen molar-refractivity contribution in [3.63, 3.8) is 0 Å². The van der Waals surface area contributed by atoms with Crippen LogP contribution in [-0.4, -0.2) is 49.1 Å². The maximum absolute atomic E-state index is 6.00. The molecule has 3 nitrogen and oxygen atoms in total. The van der Waals surface area contributed by atoms with Crippen LogP contribution in [0.3, 0.4) is 0 Å². The average Bonchev–Trinajstić information content (AvgIpc) is 2.71. The van der Waals surface area contributed by atoms with Crippen molar-refractivity contribution in [3.8, 4) is 0 Å². The van der Waals surface area contributed by atoms with E-state index in [1.807, 2.05) is 11.4 Å². The highest BCUT2D eigenvalue weighted by Gasteiger charge is 2.27. The predicted molar refractivity (Wildman–Crippen MR) is 74.8 cm³/mol. The Labute approximate surface area is 112 Å². The highest BCUT2D eigenvalue weighted by Crippen LogP contribution is 2.29. The summed E-state index contributed by atoms with van der Waals surface area (Å²) in [6.45, 7) is 6.19. The molecule has 2 N–H and O–H groups in total. The molecule has 0 aromatic carbocycles. The lowest BCUT2D eigenvalue weighted by Gasteiger charge is -2.41. The normalized spacial score (nSPS) is 25.1. The van der Waals surface area contributed by atoms with Crippen LogP contribution in [0.15, 0.2) is 11.4 Å². The van der Waals surface area contributed by atoms with Gasteiger partial charge in [0.25, 0.3) is 0 Å². The fraction of sp³-hybridized carbons (Fsp3) is 0.667. The van der Waals surface area contributed by atoms with E-state index in [9.17, 15) is 0 Å². The molecule has 1 aliphatic heterocycles. The Bertz CT molecular complexity index is 368. The molecule has 2 rings (SSSR count). The Kier molecular flexibility index (Phi) is 4.44. The topological polar surface area (TPSA) is 32.5 Å². The molecule has 1 aromatic rings. The second-order valence-corrected chi connectivity index (χ2v) is 6.12. The fourth-order valence-corrected chi connectivity index (χ4v) is 3.54. The van der Waals surface area contributed by atoms with Crippen LogP contribution < -0.4 is 5.73 Å². The van der Waals surface area contributed by atoms with Crippen molar-refractivity contribution >= 4 is 22.9 Å². The molecule has 0 saturated carbocycles. The van der Waals surface area contributed by atoms with Crippen LogP contribution in [0.25, 0.3) is 0 Å². The monoisotopic (exact) mass is 273 g/mol. The van der Waals surface area contributed by atoms with Crippen molar-refractivity contribution in [1.82, 2.24) is 9.80 Å². The van der Waals surface area contributed by atoms with Gasteiger partial charge in [-0.1, -0.05) is 11.6 Å². The lowest BCUT2D eigenvalue weighted by atomic mass is 10.1. The minimum Gasteiger partial charge on any atom is -0.329 e. The van der Waals surface area contributed by atoms with E-state index in [4.69, 9.17) is 17.3 Å². The first-order valence-corrected chi connectivity index (χ1v) is 7.26. The van der Waals surface area contributed by atoms with Crippen LogP contribution in [0.5, 0.6) is 0 Å². The number of nitrogens with two attached hydrogens (primary N) is 1. The zero-order valence-corrected chi connectivity index (χ0v) is 12.0. The SMILES string of the molecule is CC1CN(C(CN)c2cc(Cl)cs2)CCN1C. The third-order valence-electron chi connectivity index (χ3n) is 3.57. The summed E-state index contributed by atoms with van der Waals surface area (Å²) in [7, 11) is 2.18. The molecule has 5 heteroatoms. The van der Waals surface area contributed by atoms with Gasteiger partial charge in [-0.05, 0) is 20.0 Å². The van der Waals surface area contributed by atoms with Crippen LogP contribution >= 0.6 is 22.9 Å². The van der Waals surface area contributed by atoms with Gasteiger partial charge >= 0.3 is 0 Å². The minimum atomic E-state index is 0.323. The number of piperazine rings is 1. The highest BCUT2D eigenvalue weighted by molar-refractivity contribution is 7.10. The molecule has 0 amide bonds. The van der Waals surface area contributed by atoms with E-state index in [0.717, 1.165) is 24.7 Å². The van der Waals surface area contributed by atoms with Gasteiger partial charge in [0, 0.05) is 42.5 Å². The van der Waals surface area contributed by atoms with Crippen molar-refractivity contribution in [2.24, 2.45) is 5.73 Å². The number of rotatable bonds is 3. The number of hydrogen-bond donors (Lipinski definition) is 1. The molecule has 1 aliphatic rings. The van der Waals surface area contributed by atoms with Gasteiger partial charge in [-0.25, -0.2) is 0 Å². The lowest BCUT2D eigenvalue weighted by molar-refractivity contribution is 0.0752. The molecular formula is C12H20ClN3S. The Morgan fingerprint density at radius 2 is 2.35 bits per heavy atom. The fourth-order valence-electron chi connectivity index (χ4n) is 2.31. The molecule has 0 bridgehead atoms. The van der Waals surface area contributed by atoms with Crippen LogP contribution in [0.2, 0.25) is 5.02 Å². The molecule has 2 atom stereocenters. The second kappa shape index (κ2) is 5.67. The first-order chi connectivity index (χ1) is 8.11. The van der Waals surface area contributed by atoms with E-state index in [1.165, 1.54) is 4.88 Å². The summed E-state index contributed by atoms with van der Waals surface area (Å²) in [6, 6.07) is 2.96. The smallest absolute Gasteiger partial charge is 0.0565 e. The molecular weight excluding hydrogens is 254 g/mol. The number of nitrogens with zero attached hydrogens (tertiary/aromatic N) is 2. The average molecular weight is 274 g/mol. The van der Waals surface area contributed by atoms with Gasteiger partial charge in [-0.15, -0.1) is 11.3 Å². The van der Waals surface area contributed by atoms with Crippen LogP contribution in [0.4, 0.5) is 0 Å². The molecule has 17 heavy (non-hydrogen) atoms. The summed E-state index contributed by atoms with van der Waals surface area (Å²) < 4.78 is 0. The molecule has 0 radical (unpaired) electrons. The van der Waals surface area contributed by atoms with Crippen LogP contribution in [-0.2, 0) is 0 Å². The first-order valence-electron chi connectivity index (χ1n) is 6.00. The molecule has 1 saturated heterocycles. The molecule has 2 unspecified atom stereocenters. The maximum Gasteiger partial charge on any atom is 0.0565 e. The third-order valence-corrected chi connectivity index (χ3v) is 4.95. The number of thiophene rings is 1. The van der Waals surface area contributed by atoms with E-state index in [2.05, 4.69) is 23.8 Å². The molecule has 96 valence electrons. The third kappa shape index (κ3) is 3.01. The van der Waals surface area contributed by atoms with E-state index < -0.39 is 0 Å². The first kappa shape index (κ1) is 13.3. The number of halogens is 1. The van der Waals surface area contributed by atoms with Gasteiger partial charge in [0.05, 0.1) is 11.1 Å². The van der Waals surface area contributed by atoms with Gasteiger partial charge in [0.2, 0.25) is 0 Å². The Balaban J connectivity index is 2.08. The zero-order chi connectivity index (χ0) is 12.4. The number of likely N-dealkylation sites (N-methyl/N-ethyl adjacent to an activating group) is 1. The summed E-state index contributed by atoms with van der Waals surface area (Å²) in [5, 5.41) is 2.81. The van der Waals surface area contributed by atoms with E-state index >= 15 is 0 Å². The standard InChI is InChI=1S/C12H20ClN3S/c1-9-7-16(4-3-15(9)2)11(6-14)12-5-10(13)8-17-12/h5,8-9,11H,3-4,6-7,14H2,1-2H3. The minimum absolute atomic E-state index is 0.323. The Hall–Kier alpha value is -0.130. The molecule has 0 spiro atoms. The van der Waals surface area contributed by atoms with Crippen molar-refractivity contribution in [2.75, 3.05) is 33.2 Å². The van der Waals surface area contributed by atoms with Gasteiger partial charge in [0.1, 0.15) is 0 Å². The highest BCUT2D eigenvalue weighted by atomic mass is 35.5. The summed E-state index contributed by atoms with van der Waals surface area (Å²) in [5.41, 5.74) is 5.93. The summed E-state index contributed by atoms with van der Waals surface area (Å²) in [6.07, 6.45) is 0. The molecule has 1 aromatic heterocycles. The largest absolute Gasteiger partial charge is 0.329 e. The van der Waals surface area contributed by atoms with Gasteiger partial charge in [-0.2, -0.15) is 0 Å². The van der Waals surface area contributed by atoms with E-state index in [1.54, 1.807) is 11.3 Å². The summed E-state index contributed by atoms with van der Waals surface area (Å²) in [5.74, 6) is 0. The second-order valence-electron chi connectivity index (χ2n) is 4.74. The Morgan fingerprint density at radius 1 is 1.59 bits per heavy atom. The Morgan fingerprint density at radius 3 is 2.88 bits per heavy atom. The van der Waals surface area contributed by atoms with Crippen molar-refractivity contribution in [1.29, 1.82) is 0 Å². The molecule has 1 fully saturated rings. The summed E-state index contributed by atoms with van der Waals surface area (Å²) in [4.78, 5) is 6.16. The molecule has 0 aliphatic carbocycles. The van der Waals surface area contributed by atoms with E-state index in [-0.39, 0.29) is 0 Å². The zero-order valence-electron chi connectivity index (χ0n) is 10.4. The van der Waals surface area contributed by atoms with Crippen molar-refractivity contribution in [3.05, 3.63) is 21.3 Å². The van der Waals surface area contributed by atoms with Crippen molar-refractivity contribution in [2.45, 2.75) is 19.0 Å². The van der Waals surface area contributed by atoms with Crippen molar-refractivity contribution < 1.29 is 0 Å². The lowest BCUT2D eigenvalue weighted by Crippen LogP contribution is -2.52. The number of hydrogen-bond acceptors (Lipinski definition) is 4. The van der Waals surface area contributed by atoms with E-state index in [0.29, 0.717) is 18.6 Å². The van der Waals surface area contributed by atoms with Crippen LogP contribution in [0.1, 0.15) is 17.8 Å².